The number of hydrogen-bond donors (Lipinski definition) is 0. The summed E-state index contributed by atoms with van der Waals surface area (Å²) in [4.78, 5) is 2.38. The van der Waals surface area contributed by atoms with Crippen LogP contribution in [0, 0.1) is 0 Å². The van der Waals surface area contributed by atoms with Gasteiger partial charge in [-0.15, -0.1) is 0 Å². The molecule has 2 aromatic heterocycles. The van der Waals surface area contributed by atoms with E-state index in [1.807, 2.05) is 6.07 Å². The first-order chi connectivity index (χ1) is 28.3. The summed E-state index contributed by atoms with van der Waals surface area (Å²) in [5, 5.41) is 4.57. The van der Waals surface area contributed by atoms with Gasteiger partial charge in [0.2, 0.25) is 0 Å². The zero-order valence-corrected chi connectivity index (χ0v) is 31.1. The highest BCUT2D eigenvalue weighted by Crippen LogP contribution is 2.47. The first-order valence-corrected chi connectivity index (χ1v) is 19.4. The number of para-hydroxylation sites is 3. The van der Waals surface area contributed by atoms with E-state index in [2.05, 4.69) is 222 Å². The third kappa shape index (κ3) is 5.60. The van der Waals surface area contributed by atoms with Crippen molar-refractivity contribution in [3.05, 3.63) is 218 Å². The summed E-state index contributed by atoms with van der Waals surface area (Å²) in [5.74, 6) is 0. The van der Waals surface area contributed by atoms with Crippen LogP contribution in [-0.4, -0.2) is 4.57 Å². The Morgan fingerprint density at radius 3 is 1.53 bits per heavy atom. The molecule has 11 rings (SSSR count). The normalized spacial score (nSPS) is 11.5. The molecule has 0 atom stereocenters. The average Bonchev–Trinajstić information content (AvgIpc) is 3.84. The smallest absolute Gasteiger partial charge is 0.143 e. The Morgan fingerprint density at radius 2 is 0.877 bits per heavy atom. The molecule has 57 heavy (non-hydrogen) atoms. The molecular formula is C54H36N2O. The van der Waals surface area contributed by atoms with Crippen LogP contribution in [0.25, 0.3) is 82.8 Å². The number of hydrogen-bond acceptors (Lipinski definition) is 2. The first kappa shape index (κ1) is 32.8. The fourth-order valence-electron chi connectivity index (χ4n) is 8.55. The molecular weight excluding hydrogens is 693 g/mol. The first-order valence-electron chi connectivity index (χ1n) is 19.4. The number of rotatable bonds is 7. The van der Waals surface area contributed by atoms with Crippen LogP contribution in [0.2, 0.25) is 0 Å². The van der Waals surface area contributed by atoms with Crippen molar-refractivity contribution in [1.82, 2.24) is 4.57 Å². The highest BCUT2D eigenvalue weighted by atomic mass is 16.3. The Labute approximate surface area is 330 Å². The Balaban J connectivity index is 1.18. The lowest BCUT2D eigenvalue weighted by Crippen LogP contribution is -2.10. The Hall–Kier alpha value is -7.62. The monoisotopic (exact) mass is 728 g/mol. The Kier molecular flexibility index (Phi) is 7.82. The second-order valence-electron chi connectivity index (χ2n) is 14.5. The highest BCUT2D eigenvalue weighted by Gasteiger charge is 2.23. The van der Waals surface area contributed by atoms with Gasteiger partial charge in [0, 0.05) is 49.9 Å². The molecule has 0 unspecified atom stereocenters. The summed E-state index contributed by atoms with van der Waals surface area (Å²) in [6.07, 6.45) is 0. The van der Waals surface area contributed by atoms with E-state index in [9.17, 15) is 0 Å². The minimum Gasteiger partial charge on any atom is -0.455 e. The largest absolute Gasteiger partial charge is 0.455 e. The van der Waals surface area contributed by atoms with Crippen LogP contribution in [0.1, 0.15) is 0 Å². The maximum absolute atomic E-state index is 6.84. The number of anilines is 3. The van der Waals surface area contributed by atoms with E-state index < -0.39 is 0 Å². The van der Waals surface area contributed by atoms with Gasteiger partial charge in [0.15, 0.2) is 0 Å². The number of fused-ring (bicyclic) bond motifs is 6. The molecule has 2 heterocycles. The van der Waals surface area contributed by atoms with E-state index in [0.717, 1.165) is 61.3 Å². The third-order valence-electron chi connectivity index (χ3n) is 11.2. The summed E-state index contributed by atoms with van der Waals surface area (Å²) in [5.41, 5.74) is 15.3. The van der Waals surface area contributed by atoms with Crippen molar-refractivity contribution in [1.29, 1.82) is 0 Å². The Morgan fingerprint density at radius 1 is 0.351 bits per heavy atom. The molecule has 9 aromatic carbocycles. The summed E-state index contributed by atoms with van der Waals surface area (Å²) in [6, 6.07) is 78.0. The molecule has 0 saturated carbocycles. The van der Waals surface area contributed by atoms with Crippen LogP contribution in [-0.2, 0) is 0 Å². The molecule has 268 valence electrons. The number of furan rings is 1. The van der Waals surface area contributed by atoms with Gasteiger partial charge in [0.1, 0.15) is 11.2 Å². The van der Waals surface area contributed by atoms with E-state index in [1.165, 1.54) is 38.5 Å². The lowest BCUT2D eigenvalue weighted by atomic mass is 9.96. The SMILES string of the molecule is c1ccc(-c2ccc(N(c3ccc(-c4ccccc4)cc3)c3cc(-c4cccc5c4c4ccccc4n5-c4ccccc4)c4oc5ccccc5c4c3)cc2)cc1. The summed E-state index contributed by atoms with van der Waals surface area (Å²) in [7, 11) is 0. The predicted molar refractivity (Wildman–Crippen MR) is 239 cm³/mol. The topological polar surface area (TPSA) is 21.3 Å². The van der Waals surface area contributed by atoms with Crippen LogP contribution in [0.15, 0.2) is 223 Å². The second kappa shape index (κ2) is 13.6. The quantitative estimate of drug-likeness (QED) is 0.163. The lowest BCUT2D eigenvalue weighted by molar-refractivity contribution is 0.670. The molecule has 0 saturated heterocycles. The number of benzene rings is 9. The van der Waals surface area contributed by atoms with E-state index in [-0.39, 0.29) is 0 Å². The van der Waals surface area contributed by atoms with Gasteiger partial charge in [0.25, 0.3) is 0 Å². The number of aromatic nitrogens is 1. The van der Waals surface area contributed by atoms with E-state index in [0.29, 0.717) is 0 Å². The molecule has 0 amide bonds. The minimum absolute atomic E-state index is 0.871. The van der Waals surface area contributed by atoms with Gasteiger partial charge in [0.05, 0.1) is 11.0 Å². The summed E-state index contributed by atoms with van der Waals surface area (Å²) < 4.78 is 9.22. The van der Waals surface area contributed by atoms with Crippen molar-refractivity contribution in [3.63, 3.8) is 0 Å². The van der Waals surface area contributed by atoms with Crippen LogP contribution >= 0.6 is 0 Å². The molecule has 0 N–H and O–H groups in total. The molecule has 0 aliphatic rings. The van der Waals surface area contributed by atoms with Crippen LogP contribution in [0.5, 0.6) is 0 Å². The molecule has 0 fully saturated rings. The van der Waals surface area contributed by atoms with E-state index in [1.54, 1.807) is 0 Å². The van der Waals surface area contributed by atoms with Crippen molar-refractivity contribution in [2.75, 3.05) is 4.90 Å². The van der Waals surface area contributed by atoms with E-state index >= 15 is 0 Å². The molecule has 0 radical (unpaired) electrons. The molecule has 0 bridgehead atoms. The highest BCUT2D eigenvalue weighted by molar-refractivity contribution is 6.20. The van der Waals surface area contributed by atoms with Gasteiger partial charge >= 0.3 is 0 Å². The summed E-state index contributed by atoms with van der Waals surface area (Å²) >= 11 is 0. The summed E-state index contributed by atoms with van der Waals surface area (Å²) in [6.45, 7) is 0. The molecule has 0 aliphatic heterocycles. The maximum atomic E-state index is 6.84. The van der Waals surface area contributed by atoms with Gasteiger partial charge in [-0.05, 0) is 94.5 Å². The third-order valence-corrected chi connectivity index (χ3v) is 11.2. The molecule has 11 aromatic rings. The molecule has 0 aliphatic carbocycles. The Bertz CT molecular complexity index is 3120. The standard InChI is InChI=1S/C54H36N2O/c1-4-15-37(16-5-1)39-27-31-42(32-28-39)55(43-33-29-40(30-34-43)38-17-6-2-7-18-38)44-35-48-45-21-11-13-26-52(45)57-54(48)49(36-44)46-23-14-25-51-53(46)47-22-10-12-24-50(47)56(51)41-19-8-3-9-20-41/h1-36H. The number of nitrogens with zero attached hydrogens (tertiary/aromatic N) is 2. The van der Waals surface area contributed by atoms with Crippen molar-refractivity contribution in [3.8, 4) is 39.1 Å². The van der Waals surface area contributed by atoms with Crippen LogP contribution in [0.4, 0.5) is 17.1 Å². The van der Waals surface area contributed by atoms with Gasteiger partial charge < -0.3 is 13.9 Å². The predicted octanol–water partition coefficient (Wildman–Crippen LogP) is 15.2. The van der Waals surface area contributed by atoms with Gasteiger partial charge in [-0.3, -0.25) is 0 Å². The zero-order valence-electron chi connectivity index (χ0n) is 31.1. The minimum atomic E-state index is 0.871. The van der Waals surface area contributed by atoms with Crippen LogP contribution in [0.3, 0.4) is 0 Å². The lowest BCUT2D eigenvalue weighted by Gasteiger charge is -2.27. The fourth-order valence-corrected chi connectivity index (χ4v) is 8.55. The average molecular weight is 729 g/mol. The molecule has 3 nitrogen and oxygen atoms in total. The fraction of sp³-hybridized carbons (Fsp3) is 0. The molecule has 3 heteroatoms. The van der Waals surface area contributed by atoms with Gasteiger partial charge in [-0.1, -0.05) is 152 Å². The van der Waals surface area contributed by atoms with Crippen LogP contribution < -0.4 is 4.90 Å². The molecule has 0 spiro atoms. The van der Waals surface area contributed by atoms with Crippen molar-refractivity contribution in [2.24, 2.45) is 0 Å². The second-order valence-corrected chi connectivity index (χ2v) is 14.5. The van der Waals surface area contributed by atoms with Crippen molar-refractivity contribution < 1.29 is 4.42 Å². The zero-order chi connectivity index (χ0) is 37.7. The van der Waals surface area contributed by atoms with E-state index in [4.69, 9.17) is 4.42 Å². The van der Waals surface area contributed by atoms with Crippen molar-refractivity contribution >= 4 is 60.8 Å². The van der Waals surface area contributed by atoms with Gasteiger partial charge in [-0.25, -0.2) is 0 Å². The van der Waals surface area contributed by atoms with Crippen molar-refractivity contribution in [2.45, 2.75) is 0 Å². The van der Waals surface area contributed by atoms with Gasteiger partial charge in [-0.2, -0.15) is 0 Å². The maximum Gasteiger partial charge on any atom is 0.143 e.